The Kier molecular flexibility index (Phi) is 7.23. The zero-order valence-corrected chi connectivity index (χ0v) is 18.2. The van der Waals surface area contributed by atoms with E-state index in [2.05, 4.69) is 4.99 Å². The van der Waals surface area contributed by atoms with Crippen LogP contribution in [-0.2, 0) is 23.6 Å². The van der Waals surface area contributed by atoms with Gasteiger partial charge >= 0.3 is 18.4 Å². The van der Waals surface area contributed by atoms with Gasteiger partial charge in [0.05, 0.1) is 35.0 Å². The molecule has 184 valence electrons. The second-order valence-corrected chi connectivity index (χ2v) is 8.00. The van der Waals surface area contributed by atoms with E-state index in [-0.39, 0.29) is 41.6 Å². The van der Waals surface area contributed by atoms with Gasteiger partial charge in [-0.3, -0.25) is 9.89 Å². The molecule has 0 aliphatic carbocycles. The van der Waals surface area contributed by atoms with Gasteiger partial charge in [0, 0.05) is 12.3 Å². The molecular weight excluding hydrogens is 469 g/mol. The second-order valence-electron chi connectivity index (χ2n) is 8.00. The molecule has 0 radical (unpaired) electrons. The monoisotopic (exact) mass is 490 g/mol. The molecule has 11 heteroatoms. The fourth-order valence-corrected chi connectivity index (χ4v) is 3.58. The zero-order valence-electron chi connectivity index (χ0n) is 18.2. The van der Waals surface area contributed by atoms with E-state index >= 15 is 0 Å². The van der Waals surface area contributed by atoms with E-state index in [0.29, 0.717) is 18.6 Å². The smallest absolute Gasteiger partial charge is 0.416 e. The van der Waals surface area contributed by atoms with Crippen LogP contribution in [0, 0.1) is 5.82 Å². The minimum Gasteiger partial charge on any atom is -0.446 e. The van der Waals surface area contributed by atoms with Crippen molar-refractivity contribution in [1.29, 1.82) is 0 Å². The number of halogens is 7. The van der Waals surface area contributed by atoms with Gasteiger partial charge in [0.1, 0.15) is 5.82 Å². The maximum absolute atomic E-state index is 14.8. The maximum Gasteiger partial charge on any atom is 0.416 e. The minimum absolute atomic E-state index is 0.0372. The predicted molar refractivity (Wildman–Crippen MR) is 111 cm³/mol. The highest BCUT2D eigenvalue weighted by Gasteiger charge is 2.37. The third-order valence-electron chi connectivity index (χ3n) is 5.02. The van der Waals surface area contributed by atoms with Gasteiger partial charge in [-0.15, -0.1) is 0 Å². The van der Waals surface area contributed by atoms with E-state index in [4.69, 9.17) is 4.74 Å². The van der Waals surface area contributed by atoms with Gasteiger partial charge in [0.2, 0.25) is 0 Å². The number of carbonyl (C=O) groups excluding carboxylic acids is 1. The number of benzene rings is 2. The molecule has 1 aliphatic rings. The summed E-state index contributed by atoms with van der Waals surface area (Å²) in [6, 6.07) is 5.21. The van der Waals surface area contributed by atoms with Crippen LogP contribution in [0.25, 0.3) is 0 Å². The van der Waals surface area contributed by atoms with Gasteiger partial charge in [-0.2, -0.15) is 26.3 Å². The fourth-order valence-electron chi connectivity index (χ4n) is 3.58. The largest absolute Gasteiger partial charge is 0.446 e. The molecule has 0 aromatic heterocycles. The normalized spacial score (nSPS) is 15.9. The highest BCUT2D eigenvalue weighted by molar-refractivity contribution is 6.08. The van der Waals surface area contributed by atoms with E-state index in [9.17, 15) is 35.5 Å². The summed E-state index contributed by atoms with van der Waals surface area (Å²) < 4.78 is 98.9. The Hall–Kier alpha value is -3.11. The van der Waals surface area contributed by atoms with Crippen LogP contribution in [0.15, 0.2) is 41.4 Å². The lowest BCUT2D eigenvalue weighted by molar-refractivity contribution is -0.143. The molecule has 1 aliphatic heterocycles. The van der Waals surface area contributed by atoms with Crippen molar-refractivity contribution in [3.8, 4) is 0 Å². The number of hydrogen-bond acceptors (Lipinski definition) is 3. The van der Waals surface area contributed by atoms with E-state index in [0.717, 1.165) is 6.07 Å². The number of amides is 1. The van der Waals surface area contributed by atoms with Crippen molar-refractivity contribution < 1.29 is 40.3 Å². The van der Waals surface area contributed by atoms with E-state index in [1.807, 2.05) is 0 Å². The first-order valence-electron chi connectivity index (χ1n) is 10.4. The van der Waals surface area contributed by atoms with Crippen molar-refractivity contribution in [2.24, 2.45) is 4.99 Å². The van der Waals surface area contributed by atoms with Crippen LogP contribution in [0.3, 0.4) is 0 Å². The molecule has 3 rings (SSSR count). The molecule has 2 aromatic carbocycles. The Labute approximate surface area is 191 Å². The number of nitrogens with zero attached hydrogens (tertiary/aromatic N) is 2. The first-order chi connectivity index (χ1) is 15.8. The van der Waals surface area contributed by atoms with Crippen molar-refractivity contribution in [3.05, 3.63) is 64.5 Å². The molecule has 0 saturated carbocycles. The Bertz CT molecular complexity index is 1060. The number of hydrogen-bond donors (Lipinski definition) is 0. The molecule has 0 atom stereocenters. The first kappa shape index (κ1) is 25.5. The van der Waals surface area contributed by atoms with Crippen LogP contribution >= 0.6 is 0 Å². The van der Waals surface area contributed by atoms with E-state index < -0.39 is 48.0 Å². The Morgan fingerprint density at radius 2 is 1.68 bits per heavy atom. The summed E-state index contributed by atoms with van der Waals surface area (Å²) in [7, 11) is 0. The molecular formula is C23H21F7N2O2. The molecule has 0 N–H and O–H groups in total. The first-order valence-corrected chi connectivity index (χ1v) is 10.4. The van der Waals surface area contributed by atoms with E-state index in [1.165, 1.54) is 17.0 Å². The van der Waals surface area contributed by atoms with Crippen molar-refractivity contribution >= 4 is 17.5 Å². The quantitative estimate of drug-likeness (QED) is 0.435. The fraction of sp³-hybridized carbons (Fsp3) is 0.391. The number of rotatable bonds is 3. The number of ether oxygens (including phenoxy) is 1. The van der Waals surface area contributed by atoms with Crippen LogP contribution in [0.5, 0.6) is 0 Å². The minimum atomic E-state index is -4.98. The van der Waals surface area contributed by atoms with Crippen molar-refractivity contribution in [2.75, 3.05) is 11.4 Å². The molecule has 1 heterocycles. The average Bonchev–Trinajstić information content (AvgIpc) is 2.90. The molecule has 2 aromatic rings. The third kappa shape index (κ3) is 5.87. The molecule has 0 fully saturated rings. The lowest BCUT2D eigenvalue weighted by Gasteiger charge is -2.23. The SMILES string of the molecule is CC(C)OC(=O)N1CCCC(=NCc2cc(C(F)(F)F)cc(C(F)(F)F)c2)c2c(F)cccc21. The topological polar surface area (TPSA) is 41.9 Å². The summed E-state index contributed by atoms with van der Waals surface area (Å²) in [6.07, 6.45) is -10.6. The number of anilines is 1. The molecule has 0 spiro atoms. The van der Waals surface area contributed by atoms with Crippen LogP contribution < -0.4 is 4.90 Å². The number of aliphatic imine (C=N–C) groups is 1. The Balaban J connectivity index is 2.02. The average molecular weight is 490 g/mol. The summed E-state index contributed by atoms with van der Waals surface area (Å²) in [5.74, 6) is -0.722. The van der Waals surface area contributed by atoms with Gasteiger partial charge in [-0.25, -0.2) is 9.18 Å². The third-order valence-corrected chi connectivity index (χ3v) is 5.02. The number of fused-ring (bicyclic) bond motifs is 1. The molecule has 0 bridgehead atoms. The lowest BCUT2D eigenvalue weighted by Crippen LogP contribution is -2.34. The van der Waals surface area contributed by atoms with Gasteiger partial charge in [0.15, 0.2) is 0 Å². The highest BCUT2D eigenvalue weighted by Crippen LogP contribution is 2.37. The van der Waals surface area contributed by atoms with Gasteiger partial charge in [0.25, 0.3) is 0 Å². The van der Waals surface area contributed by atoms with E-state index in [1.54, 1.807) is 13.8 Å². The number of alkyl halides is 6. The van der Waals surface area contributed by atoms with Crippen LogP contribution in [-0.4, -0.2) is 24.5 Å². The van der Waals surface area contributed by atoms with Crippen molar-refractivity contribution in [1.82, 2.24) is 0 Å². The predicted octanol–water partition coefficient (Wildman–Crippen LogP) is 7.00. The summed E-state index contributed by atoms with van der Waals surface area (Å²) in [5.41, 5.74) is -2.96. The highest BCUT2D eigenvalue weighted by atomic mass is 19.4. The van der Waals surface area contributed by atoms with Crippen LogP contribution in [0.1, 0.15) is 48.9 Å². The maximum atomic E-state index is 14.8. The number of carbonyl (C=O) groups is 1. The summed E-state index contributed by atoms with van der Waals surface area (Å²) >= 11 is 0. The summed E-state index contributed by atoms with van der Waals surface area (Å²) in [6.45, 7) is 2.94. The van der Waals surface area contributed by atoms with Crippen LogP contribution in [0.4, 0.5) is 41.2 Å². The van der Waals surface area contributed by atoms with Gasteiger partial charge in [-0.05, 0) is 62.6 Å². The summed E-state index contributed by atoms with van der Waals surface area (Å²) in [4.78, 5) is 17.9. The van der Waals surface area contributed by atoms with Gasteiger partial charge < -0.3 is 4.74 Å². The molecule has 34 heavy (non-hydrogen) atoms. The lowest BCUT2D eigenvalue weighted by atomic mass is 10.0. The summed E-state index contributed by atoms with van der Waals surface area (Å²) in [5, 5.41) is 0. The van der Waals surface area contributed by atoms with Crippen LogP contribution in [0.2, 0.25) is 0 Å². The van der Waals surface area contributed by atoms with Crippen molar-refractivity contribution in [3.63, 3.8) is 0 Å². The molecule has 0 unspecified atom stereocenters. The standard InChI is InChI=1S/C23H21F7N2O2/c1-13(2)34-21(33)32-8-4-6-18(20-17(24)5-3-7-19(20)32)31-12-14-9-15(22(25,26)27)11-16(10-14)23(28,29)30/h3,5,7,9-11,13H,4,6,8,12H2,1-2H3. The zero-order chi connectivity index (χ0) is 25.3. The molecule has 0 saturated heterocycles. The molecule has 4 nitrogen and oxygen atoms in total. The Morgan fingerprint density at radius 1 is 1.06 bits per heavy atom. The Morgan fingerprint density at radius 3 is 2.24 bits per heavy atom. The van der Waals surface area contributed by atoms with Crippen molar-refractivity contribution in [2.45, 2.75) is 51.7 Å². The second kappa shape index (κ2) is 9.63. The molecule has 1 amide bonds. The van der Waals surface area contributed by atoms with Gasteiger partial charge in [-0.1, -0.05) is 6.07 Å².